The zero-order valence-corrected chi connectivity index (χ0v) is 16.1. The first kappa shape index (κ1) is 19.3. The Morgan fingerprint density at radius 2 is 2.27 bits per heavy atom. The molecule has 1 fully saturated rings. The molecular weight excluding hydrogens is 390 g/mol. The summed E-state index contributed by atoms with van der Waals surface area (Å²) in [5.41, 5.74) is 1.96. The maximum absolute atomic E-state index is 12.6. The van der Waals surface area contributed by atoms with Gasteiger partial charge in [-0.05, 0) is 30.3 Å². The molecule has 30 heavy (non-hydrogen) atoms. The third kappa shape index (κ3) is 4.05. The van der Waals surface area contributed by atoms with E-state index in [-0.39, 0.29) is 25.1 Å². The van der Waals surface area contributed by atoms with Gasteiger partial charge < -0.3 is 30.2 Å². The Hall–Kier alpha value is -4.00. The number of ether oxygens (including phenoxy) is 3. The van der Waals surface area contributed by atoms with E-state index in [1.54, 1.807) is 30.3 Å². The second-order valence-corrected chi connectivity index (χ2v) is 6.81. The van der Waals surface area contributed by atoms with E-state index < -0.39 is 12.2 Å². The number of amides is 2. The number of nitrogens with zero attached hydrogens (tertiary/aromatic N) is 2. The first-order chi connectivity index (χ1) is 14.6. The molecule has 0 bridgehead atoms. The number of pyridine rings is 1. The van der Waals surface area contributed by atoms with Crippen LogP contribution in [0.3, 0.4) is 0 Å². The summed E-state index contributed by atoms with van der Waals surface area (Å²) >= 11 is 0. The van der Waals surface area contributed by atoms with Crippen molar-refractivity contribution in [3.05, 3.63) is 41.5 Å². The van der Waals surface area contributed by atoms with Gasteiger partial charge in [0.05, 0.1) is 37.0 Å². The lowest BCUT2D eigenvalue weighted by atomic mass is 10.1. The van der Waals surface area contributed by atoms with E-state index >= 15 is 0 Å². The second-order valence-electron chi connectivity index (χ2n) is 6.81. The first-order valence-corrected chi connectivity index (χ1v) is 9.28. The predicted octanol–water partition coefficient (Wildman–Crippen LogP) is 1.42. The number of benzene rings is 1. The zero-order valence-electron chi connectivity index (χ0n) is 16.1. The van der Waals surface area contributed by atoms with Crippen LogP contribution in [0.25, 0.3) is 0 Å². The van der Waals surface area contributed by atoms with Gasteiger partial charge in [-0.2, -0.15) is 10.2 Å². The minimum atomic E-state index is -0.760. The molecule has 2 aliphatic rings. The van der Waals surface area contributed by atoms with E-state index in [0.717, 1.165) is 5.56 Å². The Kier molecular flexibility index (Phi) is 5.26. The molecule has 10 nitrogen and oxygen atoms in total. The zero-order chi connectivity index (χ0) is 21.1. The number of carbonyl (C=O) groups excluding carboxylic acids is 2. The SMILES string of the molecule is COc1nc(NC(=O)C2CNc3cc(C#N)ccc3O2)ccc1C[C@H]1COC(=O)N1. The Balaban J connectivity index is 1.41. The summed E-state index contributed by atoms with van der Waals surface area (Å²) < 4.78 is 16.0. The quantitative estimate of drug-likeness (QED) is 0.675. The summed E-state index contributed by atoms with van der Waals surface area (Å²) in [5, 5.41) is 17.5. The standard InChI is InChI=1S/C20H19N5O5/c1-28-19-12(7-13-10-29-20(27)23-13)3-5-17(25-19)24-18(26)16-9-22-14-6-11(8-21)2-4-15(14)30-16/h2-6,13,16,22H,7,9-10H2,1H3,(H,23,27)(H,24,25,26)/t13-,16?/m0/s1. The van der Waals surface area contributed by atoms with Crippen molar-refractivity contribution >= 4 is 23.5 Å². The summed E-state index contributed by atoms with van der Waals surface area (Å²) in [6, 6.07) is 10.3. The summed E-state index contributed by atoms with van der Waals surface area (Å²) in [6.07, 6.45) is -0.709. The van der Waals surface area contributed by atoms with Crippen LogP contribution in [0.4, 0.5) is 16.3 Å². The van der Waals surface area contributed by atoms with Crippen LogP contribution < -0.4 is 25.4 Å². The highest BCUT2D eigenvalue weighted by Gasteiger charge is 2.27. The van der Waals surface area contributed by atoms with Crippen LogP contribution in [0, 0.1) is 11.3 Å². The molecule has 4 rings (SSSR count). The highest BCUT2D eigenvalue weighted by Crippen LogP contribution is 2.30. The number of carbonyl (C=O) groups is 2. The van der Waals surface area contributed by atoms with Crippen molar-refractivity contribution in [2.45, 2.75) is 18.6 Å². The lowest BCUT2D eigenvalue weighted by Gasteiger charge is -2.26. The number of rotatable bonds is 5. The normalized spacial score (nSPS) is 19.3. The molecule has 0 aliphatic carbocycles. The van der Waals surface area contributed by atoms with Crippen molar-refractivity contribution < 1.29 is 23.8 Å². The molecule has 1 saturated heterocycles. The fourth-order valence-corrected chi connectivity index (χ4v) is 3.26. The van der Waals surface area contributed by atoms with Gasteiger partial charge >= 0.3 is 6.09 Å². The lowest BCUT2D eigenvalue weighted by Crippen LogP contribution is -2.41. The van der Waals surface area contributed by atoms with E-state index in [1.807, 2.05) is 0 Å². The molecule has 2 aromatic rings. The minimum absolute atomic E-state index is 0.156. The third-order valence-electron chi connectivity index (χ3n) is 4.74. The molecule has 2 amide bonds. The molecule has 3 heterocycles. The molecule has 2 atom stereocenters. The molecule has 0 saturated carbocycles. The Bertz CT molecular complexity index is 1030. The Morgan fingerprint density at radius 1 is 1.40 bits per heavy atom. The minimum Gasteiger partial charge on any atom is -0.481 e. The number of fused-ring (bicyclic) bond motifs is 1. The van der Waals surface area contributed by atoms with Crippen LogP contribution in [-0.4, -0.2) is 49.4 Å². The van der Waals surface area contributed by atoms with Crippen LogP contribution >= 0.6 is 0 Å². The molecule has 0 radical (unpaired) electrons. The molecule has 1 unspecified atom stereocenters. The highest BCUT2D eigenvalue weighted by atomic mass is 16.6. The third-order valence-corrected chi connectivity index (χ3v) is 4.74. The van der Waals surface area contributed by atoms with Crippen molar-refractivity contribution in [1.29, 1.82) is 5.26 Å². The molecule has 1 aromatic carbocycles. The van der Waals surface area contributed by atoms with Gasteiger partial charge in [0.15, 0.2) is 6.10 Å². The molecular formula is C20H19N5O5. The average molecular weight is 409 g/mol. The number of methoxy groups -OCH3 is 1. The van der Waals surface area contributed by atoms with E-state index in [4.69, 9.17) is 19.5 Å². The van der Waals surface area contributed by atoms with Gasteiger partial charge in [-0.1, -0.05) is 0 Å². The lowest BCUT2D eigenvalue weighted by molar-refractivity contribution is -0.122. The van der Waals surface area contributed by atoms with Crippen molar-refractivity contribution in [2.75, 3.05) is 30.9 Å². The van der Waals surface area contributed by atoms with Crippen LogP contribution in [-0.2, 0) is 16.0 Å². The number of hydrogen-bond donors (Lipinski definition) is 3. The van der Waals surface area contributed by atoms with Gasteiger partial charge in [0.25, 0.3) is 5.91 Å². The van der Waals surface area contributed by atoms with Crippen molar-refractivity contribution in [1.82, 2.24) is 10.3 Å². The number of anilines is 2. The number of hydrogen-bond acceptors (Lipinski definition) is 8. The Morgan fingerprint density at radius 3 is 3.00 bits per heavy atom. The van der Waals surface area contributed by atoms with Gasteiger partial charge in [0.1, 0.15) is 18.2 Å². The highest BCUT2D eigenvalue weighted by molar-refractivity contribution is 5.94. The maximum atomic E-state index is 12.6. The largest absolute Gasteiger partial charge is 0.481 e. The van der Waals surface area contributed by atoms with Gasteiger partial charge in [-0.3, -0.25) is 4.79 Å². The first-order valence-electron chi connectivity index (χ1n) is 9.28. The van der Waals surface area contributed by atoms with Crippen molar-refractivity contribution in [2.24, 2.45) is 0 Å². The van der Waals surface area contributed by atoms with Crippen molar-refractivity contribution in [3.8, 4) is 17.7 Å². The number of nitrogens with one attached hydrogen (secondary N) is 3. The molecule has 1 aromatic heterocycles. The van der Waals surface area contributed by atoms with Crippen LogP contribution in [0.1, 0.15) is 11.1 Å². The number of aromatic nitrogens is 1. The topological polar surface area (TPSA) is 135 Å². The predicted molar refractivity (Wildman–Crippen MR) is 105 cm³/mol. The molecule has 154 valence electrons. The van der Waals surface area contributed by atoms with E-state index in [1.165, 1.54) is 7.11 Å². The number of alkyl carbamates (subject to hydrolysis) is 1. The molecule has 2 aliphatic heterocycles. The summed E-state index contributed by atoms with van der Waals surface area (Å²) in [4.78, 5) is 28.1. The van der Waals surface area contributed by atoms with Gasteiger partial charge in [-0.25, -0.2) is 4.79 Å². The van der Waals surface area contributed by atoms with E-state index in [2.05, 4.69) is 27.0 Å². The summed E-state index contributed by atoms with van der Waals surface area (Å²) in [7, 11) is 1.49. The summed E-state index contributed by atoms with van der Waals surface area (Å²) in [6.45, 7) is 0.536. The molecule has 0 spiro atoms. The van der Waals surface area contributed by atoms with E-state index in [0.29, 0.717) is 35.1 Å². The number of cyclic esters (lactones) is 1. The monoisotopic (exact) mass is 409 g/mol. The van der Waals surface area contributed by atoms with E-state index in [9.17, 15) is 9.59 Å². The van der Waals surface area contributed by atoms with Crippen LogP contribution in [0.15, 0.2) is 30.3 Å². The summed E-state index contributed by atoms with van der Waals surface area (Å²) in [5.74, 6) is 0.811. The smallest absolute Gasteiger partial charge is 0.407 e. The van der Waals surface area contributed by atoms with Crippen LogP contribution in [0.5, 0.6) is 11.6 Å². The molecule has 3 N–H and O–H groups in total. The molecule has 10 heteroatoms. The van der Waals surface area contributed by atoms with Crippen LogP contribution in [0.2, 0.25) is 0 Å². The van der Waals surface area contributed by atoms with Gasteiger partial charge in [0.2, 0.25) is 5.88 Å². The van der Waals surface area contributed by atoms with Crippen molar-refractivity contribution in [3.63, 3.8) is 0 Å². The fourth-order valence-electron chi connectivity index (χ4n) is 3.26. The second kappa shape index (κ2) is 8.16. The maximum Gasteiger partial charge on any atom is 0.407 e. The Labute approximate surface area is 172 Å². The fraction of sp³-hybridized carbons (Fsp3) is 0.300. The van der Waals surface area contributed by atoms with Gasteiger partial charge in [-0.15, -0.1) is 0 Å². The van der Waals surface area contributed by atoms with Gasteiger partial charge in [0, 0.05) is 12.0 Å². The average Bonchev–Trinajstić information content (AvgIpc) is 3.18. The number of nitriles is 1.